The summed E-state index contributed by atoms with van der Waals surface area (Å²) in [5, 5.41) is 0. The van der Waals surface area contributed by atoms with Crippen molar-refractivity contribution in [3.8, 4) is 0 Å². The van der Waals surface area contributed by atoms with Crippen molar-refractivity contribution in [2.45, 2.75) is 98.3 Å². The SMILES string of the molecule is C=C(C)C1CCC(C)=CC1c1c(C)cc(CCCCC)cc1C(C)CC. The van der Waals surface area contributed by atoms with Crippen molar-refractivity contribution in [1.29, 1.82) is 0 Å². The van der Waals surface area contributed by atoms with E-state index in [-0.39, 0.29) is 0 Å². The molecule has 2 rings (SSSR count). The zero-order valence-electron chi connectivity index (χ0n) is 18.1. The Kier molecular flexibility index (Phi) is 7.74. The summed E-state index contributed by atoms with van der Waals surface area (Å²) in [4.78, 5) is 0. The van der Waals surface area contributed by atoms with Crippen molar-refractivity contribution in [2.75, 3.05) is 0 Å². The number of benzene rings is 1. The molecule has 1 aliphatic rings. The predicted octanol–water partition coefficient (Wildman–Crippen LogP) is 8.26. The average Bonchev–Trinajstić information content (AvgIpc) is 2.60. The molecule has 0 saturated carbocycles. The van der Waals surface area contributed by atoms with Gasteiger partial charge in [-0.05, 0) is 87.0 Å². The molecule has 0 saturated heterocycles. The highest BCUT2D eigenvalue weighted by Gasteiger charge is 2.29. The van der Waals surface area contributed by atoms with Crippen LogP contribution in [0, 0.1) is 12.8 Å². The summed E-state index contributed by atoms with van der Waals surface area (Å²) in [7, 11) is 0. The van der Waals surface area contributed by atoms with E-state index in [2.05, 4.69) is 66.3 Å². The second-order valence-electron chi connectivity index (χ2n) is 8.71. The molecule has 3 unspecified atom stereocenters. The standard InChI is InChI=1S/C26H40/c1-8-10-11-12-22-16-21(7)26(24(17-22)20(6)9-2)25-15-19(5)13-14-23(25)18(3)4/h15-17,20,23,25H,3,8-14H2,1-2,4-7H3. The molecule has 0 N–H and O–H groups in total. The number of aryl methyl sites for hydroxylation is 2. The van der Waals surface area contributed by atoms with Gasteiger partial charge in [-0.25, -0.2) is 0 Å². The molecule has 0 bridgehead atoms. The van der Waals surface area contributed by atoms with E-state index in [9.17, 15) is 0 Å². The summed E-state index contributed by atoms with van der Waals surface area (Å²) >= 11 is 0. The van der Waals surface area contributed by atoms with E-state index in [0.29, 0.717) is 17.8 Å². The van der Waals surface area contributed by atoms with Gasteiger partial charge in [0.1, 0.15) is 0 Å². The van der Waals surface area contributed by atoms with Crippen molar-refractivity contribution in [2.24, 2.45) is 5.92 Å². The molecule has 26 heavy (non-hydrogen) atoms. The van der Waals surface area contributed by atoms with Gasteiger partial charge in [0.25, 0.3) is 0 Å². The Bertz CT molecular complexity index is 646. The Labute approximate surface area is 162 Å². The topological polar surface area (TPSA) is 0 Å². The molecule has 1 aliphatic carbocycles. The normalized spacial score (nSPS) is 21.4. The molecule has 0 nitrogen and oxygen atoms in total. The summed E-state index contributed by atoms with van der Waals surface area (Å²) in [5.41, 5.74) is 9.14. The molecule has 144 valence electrons. The molecular weight excluding hydrogens is 312 g/mol. The van der Waals surface area contributed by atoms with Crippen LogP contribution in [-0.4, -0.2) is 0 Å². The third kappa shape index (κ3) is 4.90. The Hall–Kier alpha value is -1.30. The first-order valence-corrected chi connectivity index (χ1v) is 10.8. The van der Waals surface area contributed by atoms with Crippen LogP contribution < -0.4 is 0 Å². The van der Waals surface area contributed by atoms with Gasteiger partial charge in [0.15, 0.2) is 0 Å². The van der Waals surface area contributed by atoms with Crippen molar-refractivity contribution < 1.29 is 0 Å². The van der Waals surface area contributed by atoms with Gasteiger partial charge in [0.2, 0.25) is 0 Å². The van der Waals surface area contributed by atoms with Gasteiger partial charge in [-0.3, -0.25) is 0 Å². The first-order chi connectivity index (χ1) is 12.4. The minimum absolute atomic E-state index is 0.509. The lowest BCUT2D eigenvalue weighted by atomic mass is 9.70. The molecule has 0 amide bonds. The first kappa shape index (κ1) is 21.0. The van der Waals surface area contributed by atoms with Crippen molar-refractivity contribution in [3.05, 3.63) is 58.2 Å². The van der Waals surface area contributed by atoms with E-state index in [0.717, 1.165) is 0 Å². The van der Waals surface area contributed by atoms with Gasteiger partial charge in [-0.15, -0.1) is 0 Å². The minimum atomic E-state index is 0.509. The van der Waals surface area contributed by atoms with Crippen LogP contribution in [0.5, 0.6) is 0 Å². The maximum atomic E-state index is 4.34. The third-order valence-corrected chi connectivity index (χ3v) is 6.40. The highest BCUT2D eigenvalue weighted by molar-refractivity contribution is 5.46. The van der Waals surface area contributed by atoms with E-state index >= 15 is 0 Å². The molecule has 0 spiro atoms. The fraction of sp³-hybridized carbons (Fsp3) is 0.615. The van der Waals surface area contributed by atoms with E-state index in [1.165, 1.54) is 56.1 Å². The van der Waals surface area contributed by atoms with Gasteiger partial charge in [0, 0.05) is 5.92 Å². The zero-order chi connectivity index (χ0) is 19.3. The summed E-state index contributed by atoms with van der Waals surface area (Å²) in [6.07, 6.45) is 11.4. The lowest BCUT2D eigenvalue weighted by Gasteiger charge is -2.34. The van der Waals surface area contributed by atoms with Gasteiger partial charge in [-0.1, -0.05) is 69.5 Å². The molecule has 1 aromatic carbocycles. The maximum Gasteiger partial charge on any atom is 0.00914 e. The zero-order valence-corrected chi connectivity index (χ0v) is 18.1. The lowest BCUT2D eigenvalue weighted by molar-refractivity contribution is 0.477. The van der Waals surface area contributed by atoms with Crippen LogP contribution in [0.4, 0.5) is 0 Å². The molecule has 0 aromatic heterocycles. The van der Waals surface area contributed by atoms with Gasteiger partial charge < -0.3 is 0 Å². The van der Waals surface area contributed by atoms with E-state index in [4.69, 9.17) is 0 Å². The van der Waals surface area contributed by atoms with Crippen LogP contribution in [0.2, 0.25) is 0 Å². The van der Waals surface area contributed by atoms with Gasteiger partial charge >= 0.3 is 0 Å². The highest BCUT2D eigenvalue weighted by Crippen LogP contribution is 2.44. The van der Waals surface area contributed by atoms with Crippen LogP contribution in [0.3, 0.4) is 0 Å². The number of unbranched alkanes of at least 4 members (excludes halogenated alkanes) is 2. The quantitative estimate of drug-likeness (QED) is 0.326. The minimum Gasteiger partial charge on any atom is -0.0998 e. The van der Waals surface area contributed by atoms with Crippen molar-refractivity contribution in [3.63, 3.8) is 0 Å². The fourth-order valence-corrected chi connectivity index (χ4v) is 4.62. The molecule has 1 aromatic rings. The summed E-state index contributed by atoms with van der Waals surface area (Å²) in [6.45, 7) is 18.2. The van der Waals surface area contributed by atoms with Gasteiger partial charge in [0.05, 0.1) is 0 Å². The summed E-state index contributed by atoms with van der Waals surface area (Å²) in [6, 6.07) is 5.02. The van der Waals surface area contributed by atoms with Crippen LogP contribution in [-0.2, 0) is 6.42 Å². The fourth-order valence-electron chi connectivity index (χ4n) is 4.62. The van der Waals surface area contributed by atoms with Crippen molar-refractivity contribution in [1.82, 2.24) is 0 Å². The van der Waals surface area contributed by atoms with Crippen molar-refractivity contribution >= 4 is 0 Å². The number of rotatable bonds is 8. The van der Waals surface area contributed by atoms with Crippen LogP contribution in [0.1, 0.15) is 107 Å². The smallest absolute Gasteiger partial charge is 0.00914 e. The van der Waals surface area contributed by atoms with E-state index in [1.807, 2.05) is 0 Å². The molecule has 0 aliphatic heterocycles. The average molecular weight is 353 g/mol. The molecule has 3 atom stereocenters. The molecule has 0 radical (unpaired) electrons. The van der Waals surface area contributed by atoms with Crippen LogP contribution >= 0.6 is 0 Å². The number of hydrogen-bond acceptors (Lipinski definition) is 0. The Balaban J connectivity index is 2.51. The number of allylic oxidation sites excluding steroid dienone is 3. The second kappa shape index (κ2) is 9.58. The maximum absolute atomic E-state index is 4.34. The van der Waals surface area contributed by atoms with E-state index < -0.39 is 0 Å². The highest BCUT2D eigenvalue weighted by atomic mass is 14.3. The first-order valence-electron chi connectivity index (χ1n) is 10.8. The molecular formula is C26H40. The summed E-state index contributed by atoms with van der Waals surface area (Å²) < 4.78 is 0. The monoisotopic (exact) mass is 352 g/mol. The second-order valence-corrected chi connectivity index (χ2v) is 8.71. The summed E-state index contributed by atoms with van der Waals surface area (Å²) in [5.74, 6) is 1.72. The lowest BCUT2D eigenvalue weighted by Crippen LogP contribution is -2.20. The van der Waals surface area contributed by atoms with Crippen LogP contribution in [0.25, 0.3) is 0 Å². The van der Waals surface area contributed by atoms with E-state index in [1.54, 1.807) is 22.3 Å². The third-order valence-electron chi connectivity index (χ3n) is 6.40. The largest absolute Gasteiger partial charge is 0.0998 e. The molecule has 0 heterocycles. The molecule has 0 fully saturated rings. The Morgan fingerprint density at radius 1 is 1.19 bits per heavy atom. The Morgan fingerprint density at radius 2 is 1.92 bits per heavy atom. The predicted molar refractivity (Wildman–Crippen MR) is 117 cm³/mol. The van der Waals surface area contributed by atoms with Gasteiger partial charge in [-0.2, -0.15) is 0 Å². The Morgan fingerprint density at radius 3 is 2.54 bits per heavy atom. The number of hydrogen-bond donors (Lipinski definition) is 0. The van der Waals surface area contributed by atoms with Crippen LogP contribution in [0.15, 0.2) is 35.9 Å². The molecule has 0 heteroatoms.